The lowest BCUT2D eigenvalue weighted by Gasteiger charge is -1.66. The number of hydrogen-bond acceptors (Lipinski definition) is 2. The highest BCUT2D eigenvalue weighted by atomic mass is 16.1. The summed E-state index contributed by atoms with van der Waals surface area (Å²) in [5.41, 5.74) is 4.88. The first-order valence-electron chi connectivity index (χ1n) is 1.72. The van der Waals surface area contributed by atoms with E-state index in [4.69, 9.17) is 5.73 Å². The van der Waals surface area contributed by atoms with Gasteiger partial charge in [0.25, 0.3) is 0 Å². The summed E-state index contributed by atoms with van der Waals surface area (Å²) < 4.78 is 0. The van der Waals surface area contributed by atoms with Crippen LogP contribution in [-0.2, 0) is 4.79 Å². The van der Waals surface area contributed by atoms with Gasteiger partial charge in [0.05, 0.1) is 0 Å². The molecule has 0 rings (SSSR count). The van der Waals surface area contributed by atoms with Gasteiger partial charge in [-0.05, 0) is 6.20 Å². The minimum atomic E-state index is 0.427. The molecule has 2 nitrogen and oxygen atoms in total. The number of carbonyl (C=O) groups is 1. The molecule has 2 N–H and O–H groups in total. The topological polar surface area (TPSA) is 43.1 Å². The molecule has 0 aliphatic carbocycles. The van der Waals surface area contributed by atoms with Crippen LogP contribution in [-0.4, -0.2) is 6.29 Å². The Bertz CT molecular complexity index is 58.6. The second-order valence-corrected chi connectivity index (χ2v) is 0.831. The zero-order valence-electron chi connectivity index (χ0n) is 3.42. The summed E-state index contributed by atoms with van der Waals surface area (Å²) in [4.78, 5) is 9.46. The second-order valence-electron chi connectivity index (χ2n) is 0.831. The number of allylic oxidation sites excluding steroid dienone is 1. The zero-order chi connectivity index (χ0) is 4.83. The molecular weight excluding hydrogens is 78.0 g/mol. The first-order valence-corrected chi connectivity index (χ1v) is 1.72. The molecule has 0 aromatic rings. The fourth-order valence-corrected chi connectivity index (χ4v) is 0.134. The normalized spacial score (nSPS) is 9.33. The highest BCUT2D eigenvalue weighted by Gasteiger charge is 1.63. The van der Waals surface area contributed by atoms with Crippen molar-refractivity contribution in [3.8, 4) is 0 Å². The first kappa shape index (κ1) is 5.21. The van der Waals surface area contributed by atoms with Gasteiger partial charge >= 0.3 is 0 Å². The highest BCUT2D eigenvalue weighted by Crippen LogP contribution is 1.67. The van der Waals surface area contributed by atoms with Gasteiger partial charge in [0, 0.05) is 6.42 Å². The van der Waals surface area contributed by atoms with Crippen LogP contribution in [0.3, 0.4) is 0 Å². The molecule has 0 atom stereocenters. The summed E-state index contributed by atoms with van der Waals surface area (Å²) >= 11 is 0. The number of hydrogen-bond donors (Lipinski definition) is 1. The van der Waals surface area contributed by atoms with Crippen LogP contribution >= 0.6 is 0 Å². The number of carbonyl (C=O) groups excluding carboxylic acids is 1. The SMILES string of the molecule is N/C=C\CC=O. The number of rotatable bonds is 2. The van der Waals surface area contributed by atoms with Gasteiger partial charge in [0.15, 0.2) is 0 Å². The van der Waals surface area contributed by atoms with Gasteiger partial charge in [0.1, 0.15) is 6.29 Å². The molecule has 0 spiro atoms. The van der Waals surface area contributed by atoms with Crippen molar-refractivity contribution >= 4 is 6.29 Å². The Morgan fingerprint density at radius 1 is 1.67 bits per heavy atom. The van der Waals surface area contributed by atoms with E-state index < -0.39 is 0 Å². The summed E-state index contributed by atoms with van der Waals surface area (Å²) in [5, 5.41) is 0. The van der Waals surface area contributed by atoms with Crippen molar-refractivity contribution in [3.05, 3.63) is 12.3 Å². The molecule has 0 unspecified atom stereocenters. The lowest BCUT2D eigenvalue weighted by Crippen LogP contribution is -1.75. The molecule has 0 saturated carbocycles. The van der Waals surface area contributed by atoms with Crippen molar-refractivity contribution in [2.24, 2.45) is 5.73 Å². The molecule has 0 aromatic carbocycles. The van der Waals surface area contributed by atoms with Crippen molar-refractivity contribution in [2.45, 2.75) is 6.42 Å². The average molecular weight is 85.1 g/mol. The van der Waals surface area contributed by atoms with E-state index in [1.807, 2.05) is 0 Å². The maximum atomic E-state index is 9.46. The third-order valence-electron chi connectivity index (χ3n) is 0.368. The van der Waals surface area contributed by atoms with E-state index in [1.54, 1.807) is 6.08 Å². The molecule has 0 aromatic heterocycles. The Morgan fingerprint density at radius 2 is 2.33 bits per heavy atom. The Balaban J connectivity index is 2.85. The molecule has 0 saturated heterocycles. The third kappa shape index (κ3) is 3.21. The summed E-state index contributed by atoms with van der Waals surface area (Å²) in [6.07, 6.45) is 4.17. The smallest absolute Gasteiger partial charge is 0.123 e. The van der Waals surface area contributed by atoms with E-state index in [2.05, 4.69) is 0 Å². The zero-order valence-corrected chi connectivity index (χ0v) is 3.42. The molecular formula is C4H7NO. The Morgan fingerprint density at radius 3 is 2.50 bits per heavy atom. The average Bonchev–Trinajstić information content (AvgIpc) is 1.61. The van der Waals surface area contributed by atoms with Crippen LogP contribution in [0.4, 0.5) is 0 Å². The summed E-state index contributed by atoms with van der Waals surface area (Å²) in [6.45, 7) is 0. The first-order chi connectivity index (χ1) is 2.91. The van der Waals surface area contributed by atoms with Crippen LogP contribution in [0.2, 0.25) is 0 Å². The quantitative estimate of drug-likeness (QED) is 0.481. The summed E-state index contributed by atoms with van der Waals surface area (Å²) in [5.74, 6) is 0. The maximum absolute atomic E-state index is 9.46. The van der Waals surface area contributed by atoms with E-state index in [1.165, 1.54) is 6.20 Å². The van der Waals surface area contributed by atoms with Gasteiger partial charge in [0.2, 0.25) is 0 Å². The van der Waals surface area contributed by atoms with Crippen molar-refractivity contribution in [1.29, 1.82) is 0 Å². The van der Waals surface area contributed by atoms with E-state index in [0.717, 1.165) is 6.29 Å². The van der Waals surface area contributed by atoms with Crippen LogP contribution in [0.25, 0.3) is 0 Å². The maximum Gasteiger partial charge on any atom is 0.123 e. The fourth-order valence-electron chi connectivity index (χ4n) is 0.134. The standard InChI is InChI=1S/C4H7NO/c5-3-1-2-4-6/h1,3-4H,2,5H2/b3-1-. The van der Waals surface area contributed by atoms with Crippen molar-refractivity contribution < 1.29 is 4.79 Å². The van der Waals surface area contributed by atoms with Gasteiger partial charge in [-0.1, -0.05) is 6.08 Å². The molecule has 0 radical (unpaired) electrons. The van der Waals surface area contributed by atoms with Crippen LogP contribution in [0.15, 0.2) is 12.3 Å². The van der Waals surface area contributed by atoms with Crippen molar-refractivity contribution in [1.82, 2.24) is 0 Å². The van der Waals surface area contributed by atoms with Gasteiger partial charge < -0.3 is 10.5 Å². The van der Waals surface area contributed by atoms with Gasteiger partial charge in [-0.3, -0.25) is 0 Å². The van der Waals surface area contributed by atoms with Crippen LogP contribution < -0.4 is 5.73 Å². The van der Waals surface area contributed by atoms with Gasteiger partial charge in [-0.15, -0.1) is 0 Å². The molecule has 0 fully saturated rings. The third-order valence-corrected chi connectivity index (χ3v) is 0.368. The van der Waals surface area contributed by atoms with Crippen LogP contribution in [0.1, 0.15) is 6.42 Å². The van der Waals surface area contributed by atoms with E-state index in [-0.39, 0.29) is 0 Å². The molecule has 0 heterocycles. The molecule has 0 bridgehead atoms. The molecule has 6 heavy (non-hydrogen) atoms. The van der Waals surface area contributed by atoms with E-state index in [0.29, 0.717) is 6.42 Å². The molecule has 2 heteroatoms. The van der Waals surface area contributed by atoms with Gasteiger partial charge in [-0.2, -0.15) is 0 Å². The van der Waals surface area contributed by atoms with Crippen LogP contribution in [0.5, 0.6) is 0 Å². The Kier molecular flexibility index (Phi) is 3.66. The summed E-state index contributed by atoms with van der Waals surface area (Å²) in [7, 11) is 0. The fraction of sp³-hybridized carbons (Fsp3) is 0.250. The lowest BCUT2D eigenvalue weighted by atomic mass is 10.5. The summed E-state index contributed by atoms with van der Waals surface area (Å²) in [6, 6.07) is 0. The number of nitrogens with two attached hydrogens (primary N) is 1. The second kappa shape index (κ2) is 4.21. The Labute approximate surface area is 36.6 Å². The predicted molar refractivity (Wildman–Crippen MR) is 24.0 cm³/mol. The lowest BCUT2D eigenvalue weighted by molar-refractivity contribution is -0.107. The van der Waals surface area contributed by atoms with Crippen molar-refractivity contribution in [2.75, 3.05) is 0 Å². The van der Waals surface area contributed by atoms with E-state index in [9.17, 15) is 4.79 Å². The van der Waals surface area contributed by atoms with Crippen molar-refractivity contribution in [3.63, 3.8) is 0 Å². The molecule has 0 aliphatic heterocycles. The minimum Gasteiger partial charge on any atom is -0.405 e. The largest absolute Gasteiger partial charge is 0.405 e. The monoisotopic (exact) mass is 85.1 g/mol. The van der Waals surface area contributed by atoms with Gasteiger partial charge in [-0.25, -0.2) is 0 Å². The minimum absolute atomic E-state index is 0.427. The van der Waals surface area contributed by atoms with Crippen LogP contribution in [0, 0.1) is 0 Å². The molecule has 0 amide bonds. The van der Waals surface area contributed by atoms with E-state index >= 15 is 0 Å². The highest BCUT2D eigenvalue weighted by molar-refractivity contribution is 5.51. The Hall–Kier alpha value is -0.790. The predicted octanol–water partition coefficient (Wildman–Crippen LogP) is 0.0478. The molecule has 0 aliphatic rings. The molecule has 34 valence electrons. The number of aldehydes is 1.